The van der Waals surface area contributed by atoms with E-state index in [0.29, 0.717) is 0 Å². The Morgan fingerprint density at radius 2 is 0.934 bits per heavy atom. The van der Waals surface area contributed by atoms with Crippen LogP contribution in [-0.4, -0.2) is 5.78 Å². The lowest BCUT2D eigenvalue weighted by Gasteiger charge is -1.97. The van der Waals surface area contributed by atoms with Crippen LogP contribution in [0.4, 0.5) is 0 Å². The van der Waals surface area contributed by atoms with Crippen LogP contribution in [0.2, 0.25) is 0 Å². The van der Waals surface area contributed by atoms with Gasteiger partial charge in [-0.2, -0.15) is 0 Å². The van der Waals surface area contributed by atoms with E-state index in [1.165, 1.54) is 64.7 Å². The largest absolute Gasteiger partial charge is 0.285 e. The zero-order valence-electron chi connectivity index (χ0n) is 40.6. The van der Waals surface area contributed by atoms with Crippen LogP contribution in [0.15, 0.2) is 30.3 Å². The number of hydrogen-bond donors (Lipinski definition) is 0. The minimum Gasteiger partial charge on any atom is -0.285 e. The van der Waals surface area contributed by atoms with Crippen LogP contribution in [0.1, 0.15) is 203 Å². The first-order chi connectivity index (χ1) is 29.6. The van der Waals surface area contributed by atoms with Crippen LogP contribution >= 0.6 is 0 Å². The lowest BCUT2D eigenvalue weighted by atomic mass is 10.1. The molecule has 0 aromatic heterocycles. The van der Waals surface area contributed by atoms with Crippen molar-refractivity contribution in [2.75, 3.05) is 0 Å². The van der Waals surface area contributed by atoms with E-state index in [4.69, 9.17) is 32.1 Å². The predicted molar refractivity (Wildman–Crippen MR) is 274 cm³/mol. The number of unbranched alkanes of at least 4 members (excludes halogenated alkanes) is 3. The number of carbonyl (C=O) groups is 1. The zero-order chi connectivity index (χ0) is 47.5. The van der Waals surface area contributed by atoms with E-state index in [1.807, 2.05) is 70.9 Å². The number of Topliss-reactive ketones (excluding diaryl/α,β-unsaturated/α-hetero) is 1. The highest BCUT2D eigenvalue weighted by molar-refractivity contribution is 5.92. The van der Waals surface area contributed by atoms with Crippen LogP contribution < -0.4 is 0 Å². The van der Waals surface area contributed by atoms with E-state index in [0.717, 1.165) is 93.9 Å². The molecule has 1 saturated carbocycles. The average molecular weight is 821 g/mol. The van der Waals surface area contributed by atoms with Crippen molar-refractivity contribution in [3.63, 3.8) is 0 Å². The summed E-state index contributed by atoms with van der Waals surface area (Å²) >= 11 is 0. The molecule has 0 N–H and O–H groups in total. The number of terminal acetylenes is 6. The molecule has 0 amide bonds. The normalized spacial score (nSPS) is 14.3. The molecule has 0 aliphatic heterocycles. The Kier molecular flexibility index (Phi) is 73.1. The summed E-state index contributed by atoms with van der Waals surface area (Å²) in [6, 6.07) is 9.60. The van der Waals surface area contributed by atoms with Crippen LogP contribution in [-0.2, 0) is 4.79 Å². The van der Waals surface area contributed by atoms with Crippen molar-refractivity contribution >= 4 is 5.78 Å². The molecule has 3 aliphatic carbocycles. The molecule has 1 nitrogen and oxygen atoms in total. The predicted octanol–water partition coefficient (Wildman–Crippen LogP) is 15.2. The number of fused-ring (bicyclic) bond motifs is 1. The van der Waals surface area contributed by atoms with E-state index in [1.54, 1.807) is 0 Å². The molecule has 0 radical (unpaired) electrons. The van der Waals surface area contributed by atoms with Gasteiger partial charge in [-0.05, 0) is 94.6 Å². The minimum absolute atomic E-state index is 0.218. The second-order valence-corrected chi connectivity index (χ2v) is 13.3. The van der Waals surface area contributed by atoms with Crippen LogP contribution in [0.3, 0.4) is 0 Å². The highest BCUT2D eigenvalue weighted by atomic mass is 16.1. The fraction of sp³-hybridized carbons (Fsp3) is 0.550. The van der Waals surface area contributed by atoms with E-state index >= 15 is 0 Å². The summed E-state index contributed by atoms with van der Waals surface area (Å²) in [7, 11) is 0. The third kappa shape index (κ3) is 69.5. The van der Waals surface area contributed by atoms with Gasteiger partial charge in [0.25, 0.3) is 0 Å². The number of rotatable bonds is 4. The first-order valence-electron chi connectivity index (χ1n) is 22.6. The summed E-state index contributed by atoms with van der Waals surface area (Å²) in [6.07, 6.45) is 52.2. The second kappa shape index (κ2) is 66.3. The van der Waals surface area contributed by atoms with Gasteiger partial charge >= 0.3 is 0 Å². The Morgan fingerprint density at radius 1 is 0.574 bits per heavy atom. The highest BCUT2D eigenvalue weighted by Gasteiger charge is 2.46. The Morgan fingerprint density at radius 3 is 1.16 bits per heavy atom. The van der Waals surface area contributed by atoms with Gasteiger partial charge in [0.1, 0.15) is 0 Å². The SMILES string of the molecule is C#CC(C)=O.C#CCC.C#CCC.C#CCC.C#CCCC.C#Cc1ccccc1.C1#CCCCCCC1.CC#CC.CCC1[C@H]2CCC#CCC[C@@H]12.CCCC#CCCC. The van der Waals surface area contributed by atoms with E-state index in [2.05, 4.69) is 111 Å². The lowest BCUT2D eigenvalue weighted by Crippen LogP contribution is -1.85. The molecule has 330 valence electrons. The molecule has 3 atom stereocenters. The molecule has 1 aromatic carbocycles. The molecule has 1 aromatic rings. The van der Waals surface area contributed by atoms with Crippen molar-refractivity contribution in [1.82, 2.24) is 0 Å². The van der Waals surface area contributed by atoms with Gasteiger partial charge in [-0.1, -0.05) is 91.8 Å². The Labute approximate surface area is 381 Å². The quantitative estimate of drug-likeness (QED) is 0.218. The molecule has 1 fully saturated rings. The fourth-order valence-corrected chi connectivity index (χ4v) is 4.70. The average Bonchev–Trinajstić information content (AvgIpc) is 3.95. The first-order valence-corrected chi connectivity index (χ1v) is 22.6. The smallest absolute Gasteiger partial charge is 0.202 e. The molecular formula is C60H84O. The molecule has 0 saturated heterocycles. The maximum atomic E-state index is 9.58. The van der Waals surface area contributed by atoms with Gasteiger partial charge in [-0.3, -0.25) is 4.79 Å². The maximum Gasteiger partial charge on any atom is 0.202 e. The monoisotopic (exact) mass is 821 g/mol. The van der Waals surface area contributed by atoms with Gasteiger partial charge in [0.05, 0.1) is 0 Å². The first kappa shape index (κ1) is 67.3. The van der Waals surface area contributed by atoms with Gasteiger partial charge in [0.15, 0.2) is 0 Å². The molecule has 0 heterocycles. The van der Waals surface area contributed by atoms with Gasteiger partial charge < -0.3 is 0 Å². The standard InChI is InChI=1S/C11H16.C8H6.C8H12.C8H14.C5H8.C4H4O.4C4H6/c1-2-9-10-7-5-3-4-6-8-11(9)10;1-2-8-6-4-3-5-7-8;1-2-4-6-8-7-5-3-1;1-3-5-7-8-6-4-2;1-3-5-4-2;1-3-4(2)5;4*1-3-4-2/h9-11H,2,5-8H2,1H3;1,3-7H;1-6H2;3-6H2,1-2H3;1H,4-5H2,2H3;1H,2H3;1-2H3;3*1H,4H2,2H3/t9?,10-,11+;;;;;;;;;. The number of hydrogen-bond acceptors (Lipinski definition) is 1. The summed E-state index contributed by atoms with van der Waals surface area (Å²) in [5.74, 6) is 41.5. The molecule has 61 heavy (non-hydrogen) atoms. The number of ketones is 1. The molecule has 3 aliphatic rings. The third-order valence-electron chi connectivity index (χ3n) is 8.06. The van der Waals surface area contributed by atoms with Gasteiger partial charge in [-0.15, -0.1) is 110 Å². The van der Waals surface area contributed by atoms with Crippen molar-refractivity contribution < 1.29 is 4.79 Å². The third-order valence-corrected chi connectivity index (χ3v) is 8.06. The summed E-state index contributed by atoms with van der Waals surface area (Å²) < 4.78 is 0. The van der Waals surface area contributed by atoms with Crippen molar-refractivity contribution in [3.8, 4) is 121 Å². The Hall–Kier alpha value is -5.51. The number of benzene rings is 1. The van der Waals surface area contributed by atoms with E-state index < -0.39 is 0 Å². The molecule has 4 rings (SSSR count). The molecule has 1 heteroatoms. The highest BCUT2D eigenvalue weighted by Crippen LogP contribution is 2.53. The summed E-state index contributed by atoms with van der Waals surface area (Å²) in [6.45, 7) is 19.5. The molecule has 1 unspecified atom stereocenters. The van der Waals surface area contributed by atoms with Crippen LogP contribution in [0, 0.1) is 139 Å². The van der Waals surface area contributed by atoms with E-state index in [-0.39, 0.29) is 5.78 Å². The van der Waals surface area contributed by atoms with Crippen LogP contribution in [0.25, 0.3) is 0 Å². The van der Waals surface area contributed by atoms with Gasteiger partial charge in [0.2, 0.25) is 5.78 Å². The summed E-state index contributed by atoms with van der Waals surface area (Å²) in [5, 5.41) is 0. The minimum atomic E-state index is -0.218. The second-order valence-electron chi connectivity index (χ2n) is 13.3. The van der Waals surface area contributed by atoms with Gasteiger partial charge in [-0.25, -0.2) is 0 Å². The summed E-state index contributed by atoms with van der Waals surface area (Å²) in [5.41, 5.74) is 0.938. The van der Waals surface area contributed by atoms with Crippen molar-refractivity contribution in [2.45, 2.75) is 198 Å². The Balaban J connectivity index is -0.000000141. The topological polar surface area (TPSA) is 17.1 Å². The van der Waals surface area contributed by atoms with Crippen LogP contribution in [0.5, 0.6) is 0 Å². The van der Waals surface area contributed by atoms with E-state index in [9.17, 15) is 4.79 Å². The molecule has 0 spiro atoms. The maximum absolute atomic E-state index is 9.58. The zero-order valence-corrected chi connectivity index (χ0v) is 40.6. The molecular weight excluding hydrogens is 737 g/mol. The fourth-order valence-electron chi connectivity index (χ4n) is 4.70. The van der Waals surface area contributed by atoms with Crippen molar-refractivity contribution in [3.05, 3.63) is 35.9 Å². The number of carbonyl (C=O) groups excluding carboxylic acids is 1. The van der Waals surface area contributed by atoms with Gasteiger partial charge in [0, 0.05) is 76.7 Å². The lowest BCUT2D eigenvalue weighted by molar-refractivity contribution is -0.111. The van der Waals surface area contributed by atoms with Crippen molar-refractivity contribution in [2.24, 2.45) is 17.8 Å². The Bertz CT molecular complexity index is 1530. The molecule has 0 bridgehead atoms. The van der Waals surface area contributed by atoms with Crippen molar-refractivity contribution in [1.29, 1.82) is 0 Å². The summed E-state index contributed by atoms with van der Waals surface area (Å²) in [4.78, 5) is 9.58.